The lowest BCUT2D eigenvalue weighted by Crippen LogP contribution is -2.15. The third kappa shape index (κ3) is 2.50. The summed E-state index contributed by atoms with van der Waals surface area (Å²) in [5.41, 5.74) is 0.416. The molecule has 0 unspecified atom stereocenters. The van der Waals surface area contributed by atoms with Crippen molar-refractivity contribution in [2.75, 3.05) is 31.3 Å². The zero-order valence-corrected chi connectivity index (χ0v) is 9.87. The number of hydrogen-bond donors (Lipinski definition) is 2. The summed E-state index contributed by atoms with van der Waals surface area (Å²) in [5.74, 6) is 1.07. The van der Waals surface area contributed by atoms with Gasteiger partial charge in [-0.15, -0.1) is 0 Å². The van der Waals surface area contributed by atoms with Crippen LogP contribution in [0.2, 0.25) is 0 Å². The Kier molecular flexibility index (Phi) is 2.80. The van der Waals surface area contributed by atoms with Crippen molar-refractivity contribution >= 4 is 11.9 Å². The Labute approximate surface area is 94.9 Å². The molecule has 0 spiro atoms. The maximum Gasteiger partial charge on any atom is 0.322 e. The number of nitrogens with one attached hydrogen (secondary N) is 2. The Hall–Kier alpha value is -1.59. The minimum atomic E-state index is 0.322. The molecule has 1 aliphatic carbocycles. The first-order valence-corrected chi connectivity index (χ1v) is 5.37. The summed E-state index contributed by atoms with van der Waals surface area (Å²) < 4.78 is 5.00. The van der Waals surface area contributed by atoms with Gasteiger partial charge in [-0.3, -0.25) is 0 Å². The number of nitrogens with zero attached hydrogens (tertiary/aromatic N) is 3. The van der Waals surface area contributed by atoms with Crippen LogP contribution in [0.1, 0.15) is 19.8 Å². The molecule has 1 saturated carbocycles. The lowest BCUT2D eigenvalue weighted by molar-refractivity contribution is 0.379. The third-order valence-corrected chi connectivity index (χ3v) is 2.80. The van der Waals surface area contributed by atoms with Gasteiger partial charge in [-0.05, 0) is 18.3 Å². The first-order chi connectivity index (χ1) is 7.65. The van der Waals surface area contributed by atoms with E-state index in [9.17, 15) is 0 Å². The highest BCUT2D eigenvalue weighted by Crippen LogP contribution is 2.44. The number of rotatable bonds is 5. The van der Waals surface area contributed by atoms with Gasteiger partial charge in [-0.25, -0.2) is 0 Å². The molecular formula is C10H17N5O. The maximum atomic E-state index is 5.00. The van der Waals surface area contributed by atoms with Crippen molar-refractivity contribution in [3.63, 3.8) is 0 Å². The van der Waals surface area contributed by atoms with Gasteiger partial charge in [0.2, 0.25) is 11.9 Å². The molecule has 2 N–H and O–H groups in total. The molecule has 0 atom stereocenters. The summed E-state index contributed by atoms with van der Waals surface area (Å²) >= 11 is 0. The van der Waals surface area contributed by atoms with Crippen molar-refractivity contribution < 1.29 is 4.74 Å². The van der Waals surface area contributed by atoms with E-state index in [0.717, 1.165) is 6.54 Å². The van der Waals surface area contributed by atoms with Gasteiger partial charge in [0, 0.05) is 13.6 Å². The standard InChI is InChI=1S/C10H17N5O/c1-10(4-5-10)6-12-8-13-7(11-2)14-9(15-8)16-3/h4-6H2,1-3H3,(H2,11,12,13,14,15). The number of methoxy groups -OCH3 is 1. The Morgan fingerprint density at radius 2 is 1.94 bits per heavy atom. The molecule has 1 aromatic heterocycles. The van der Waals surface area contributed by atoms with Crippen LogP contribution in [0.4, 0.5) is 11.9 Å². The minimum absolute atomic E-state index is 0.322. The topological polar surface area (TPSA) is 72.0 Å². The summed E-state index contributed by atoms with van der Waals surface area (Å²) in [6.07, 6.45) is 2.53. The highest BCUT2D eigenvalue weighted by molar-refractivity contribution is 5.35. The summed E-state index contributed by atoms with van der Waals surface area (Å²) in [6, 6.07) is 0.322. The van der Waals surface area contributed by atoms with E-state index in [1.165, 1.54) is 12.8 Å². The quantitative estimate of drug-likeness (QED) is 0.779. The summed E-state index contributed by atoms with van der Waals surface area (Å²) in [7, 11) is 3.31. The zero-order chi connectivity index (χ0) is 11.6. The van der Waals surface area contributed by atoms with E-state index < -0.39 is 0 Å². The number of hydrogen-bond acceptors (Lipinski definition) is 6. The smallest absolute Gasteiger partial charge is 0.322 e. The molecule has 0 aromatic carbocycles. The van der Waals surface area contributed by atoms with Gasteiger partial charge in [0.1, 0.15) is 0 Å². The van der Waals surface area contributed by atoms with Crippen LogP contribution in [-0.4, -0.2) is 35.7 Å². The summed E-state index contributed by atoms with van der Waals surface area (Å²) in [5, 5.41) is 6.09. The van der Waals surface area contributed by atoms with Crippen molar-refractivity contribution in [3.8, 4) is 6.01 Å². The minimum Gasteiger partial charge on any atom is -0.467 e. The fourth-order valence-corrected chi connectivity index (χ4v) is 1.32. The number of anilines is 2. The molecule has 1 fully saturated rings. The van der Waals surface area contributed by atoms with Gasteiger partial charge < -0.3 is 15.4 Å². The van der Waals surface area contributed by atoms with Crippen molar-refractivity contribution in [3.05, 3.63) is 0 Å². The second-order valence-electron chi connectivity index (χ2n) is 4.38. The Balaban J connectivity index is 2.06. The van der Waals surface area contributed by atoms with E-state index in [0.29, 0.717) is 23.3 Å². The molecule has 6 nitrogen and oxygen atoms in total. The van der Waals surface area contributed by atoms with Gasteiger partial charge in [0.15, 0.2) is 0 Å². The molecule has 1 heterocycles. The van der Waals surface area contributed by atoms with Gasteiger partial charge in [0.05, 0.1) is 7.11 Å². The molecule has 2 rings (SSSR count). The Morgan fingerprint density at radius 3 is 2.50 bits per heavy atom. The second kappa shape index (κ2) is 4.11. The van der Waals surface area contributed by atoms with E-state index in [1.807, 2.05) is 0 Å². The molecule has 88 valence electrons. The third-order valence-electron chi connectivity index (χ3n) is 2.80. The second-order valence-corrected chi connectivity index (χ2v) is 4.38. The van der Waals surface area contributed by atoms with E-state index in [1.54, 1.807) is 14.2 Å². The normalized spacial score (nSPS) is 16.7. The van der Waals surface area contributed by atoms with Crippen molar-refractivity contribution in [2.45, 2.75) is 19.8 Å². The monoisotopic (exact) mass is 223 g/mol. The molecule has 0 bridgehead atoms. The van der Waals surface area contributed by atoms with Crippen LogP contribution >= 0.6 is 0 Å². The van der Waals surface area contributed by atoms with Crippen molar-refractivity contribution in [2.24, 2.45) is 5.41 Å². The highest BCUT2D eigenvalue weighted by Gasteiger charge is 2.37. The van der Waals surface area contributed by atoms with Gasteiger partial charge in [-0.2, -0.15) is 15.0 Å². The Bertz CT molecular complexity index is 355. The lowest BCUT2D eigenvalue weighted by Gasteiger charge is -2.11. The van der Waals surface area contributed by atoms with Crippen LogP contribution in [0.3, 0.4) is 0 Å². The van der Waals surface area contributed by atoms with Crippen LogP contribution in [0.5, 0.6) is 6.01 Å². The average Bonchev–Trinajstić information content (AvgIpc) is 3.05. The van der Waals surface area contributed by atoms with E-state index in [2.05, 4.69) is 32.5 Å². The molecule has 0 amide bonds. The van der Waals surface area contributed by atoms with Crippen molar-refractivity contribution in [1.29, 1.82) is 0 Å². The molecule has 1 aromatic rings. The van der Waals surface area contributed by atoms with Crippen LogP contribution < -0.4 is 15.4 Å². The zero-order valence-electron chi connectivity index (χ0n) is 9.87. The predicted molar refractivity (Wildman–Crippen MR) is 61.8 cm³/mol. The fourth-order valence-electron chi connectivity index (χ4n) is 1.32. The first kappa shape index (κ1) is 10.9. The molecule has 1 aliphatic rings. The van der Waals surface area contributed by atoms with E-state index >= 15 is 0 Å². The van der Waals surface area contributed by atoms with Crippen LogP contribution in [0, 0.1) is 5.41 Å². The van der Waals surface area contributed by atoms with Crippen molar-refractivity contribution in [1.82, 2.24) is 15.0 Å². The first-order valence-electron chi connectivity index (χ1n) is 5.37. The van der Waals surface area contributed by atoms with Crippen LogP contribution in [0.15, 0.2) is 0 Å². The van der Waals surface area contributed by atoms with E-state index in [-0.39, 0.29) is 0 Å². The summed E-state index contributed by atoms with van der Waals surface area (Å²) in [4.78, 5) is 12.4. The SMILES string of the molecule is CNc1nc(NCC2(C)CC2)nc(OC)n1. The molecule has 0 radical (unpaired) electrons. The molecule has 16 heavy (non-hydrogen) atoms. The Morgan fingerprint density at radius 1 is 1.25 bits per heavy atom. The number of ether oxygens (including phenoxy) is 1. The van der Waals surface area contributed by atoms with Gasteiger partial charge in [0.25, 0.3) is 0 Å². The van der Waals surface area contributed by atoms with Gasteiger partial charge in [-0.1, -0.05) is 6.92 Å². The van der Waals surface area contributed by atoms with Crippen LogP contribution in [0.25, 0.3) is 0 Å². The largest absolute Gasteiger partial charge is 0.467 e. The summed E-state index contributed by atoms with van der Waals surface area (Å²) in [6.45, 7) is 3.14. The maximum absolute atomic E-state index is 5.00. The predicted octanol–water partition coefficient (Wildman–Crippen LogP) is 1.13. The molecule has 0 aliphatic heterocycles. The van der Waals surface area contributed by atoms with E-state index in [4.69, 9.17) is 4.74 Å². The molecule has 6 heteroatoms. The highest BCUT2D eigenvalue weighted by atomic mass is 16.5. The average molecular weight is 223 g/mol. The molecular weight excluding hydrogens is 206 g/mol. The lowest BCUT2D eigenvalue weighted by atomic mass is 10.1. The molecule has 0 saturated heterocycles. The van der Waals surface area contributed by atoms with Crippen LogP contribution in [-0.2, 0) is 0 Å². The number of aromatic nitrogens is 3. The van der Waals surface area contributed by atoms with Gasteiger partial charge >= 0.3 is 6.01 Å². The fraction of sp³-hybridized carbons (Fsp3) is 0.700.